The fourth-order valence-corrected chi connectivity index (χ4v) is 0.611. The standard InChI is InChI=1S/C4H10O5S.C2H4O2.H3N/c1-2-4(5)3-9-10(6,7)8;1-4-2-3;/h4-5H,2-3H2,1H3,(H,6,7,8);2H,1H3;1H3. The summed E-state index contributed by atoms with van der Waals surface area (Å²) in [6.45, 7) is 1.65. The predicted octanol–water partition coefficient (Wildman–Crippen LogP) is -0.472. The van der Waals surface area contributed by atoms with E-state index in [-0.39, 0.29) is 6.15 Å². The van der Waals surface area contributed by atoms with E-state index in [1.165, 1.54) is 7.11 Å². The molecule has 0 saturated carbocycles. The second-order valence-corrected chi connectivity index (χ2v) is 3.20. The van der Waals surface area contributed by atoms with Crippen LogP contribution in [0.5, 0.6) is 0 Å². The van der Waals surface area contributed by atoms with Gasteiger partial charge in [0.05, 0.1) is 19.8 Å². The largest absolute Gasteiger partial charge is 0.471 e. The summed E-state index contributed by atoms with van der Waals surface area (Å²) in [6.07, 6.45) is -0.461. The van der Waals surface area contributed by atoms with Gasteiger partial charge in [0, 0.05) is 0 Å². The Labute approximate surface area is 88.7 Å². The minimum Gasteiger partial charge on any atom is -0.471 e. The molecule has 0 fully saturated rings. The number of hydrogen-bond donors (Lipinski definition) is 3. The fourth-order valence-electron chi connectivity index (χ4n) is 0.282. The Kier molecular flexibility index (Phi) is 14.9. The molecule has 0 aromatic carbocycles. The zero-order valence-corrected chi connectivity index (χ0v) is 9.44. The molecule has 9 heteroatoms. The lowest BCUT2D eigenvalue weighted by atomic mass is 10.3. The molecule has 94 valence electrons. The maximum absolute atomic E-state index is 9.87. The Morgan fingerprint density at radius 2 is 1.87 bits per heavy atom. The van der Waals surface area contributed by atoms with E-state index in [4.69, 9.17) is 14.5 Å². The molecule has 0 aromatic rings. The van der Waals surface area contributed by atoms with Crippen molar-refractivity contribution in [1.29, 1.82) is 0 Å². The van der Waals surface area contributed by atoms with E-state index in [1.54, 1.807) is 6.92 Å². The molecule has 0 aliphatic carbocycles. The van der Waals surface area contributed by atoms with Crippen molar-refractivity contribution < 1.29 is 31.8 Å². The van der Waals surface area contributed by atoms with E-state index < -0.39 is 23.1 Å². The third kappa shape index (κ3) is 24.6. The maximum Gasteiger partial charge on any atom is 0.397 e. The van der Waals surface area contributed by atoms with Gasteiger partial charge in [0.1, 0.15) is 0 Å². The summed E-state index contributed by atoms with van der Waals surface area (Å²) in [4.78, 5) is 8.95. The molecule has 1 unspecified atom stereocenters. The van der Waals surface area contributed by atoms with Gasteiger partial charge in [-0.2, -0.15) is 8.42 Å². The van der Waals surface area contributed by atoms with Gasteiger partial charge in [-0.1, -0.05) is 6.92 Å². The van der Waals surface area contributed by atoms with Gasteiger partial charge in [0.25, 0.3) is 6.47 Å². The number of hydrogen-bond acceptors (Lipinski definition) is 7. The second-order valence-electron chi connectivity index (χ2n) is 2.11. The molecule has 15 heavy (non-hydrogen) atoms. The number of carbonyl (C=O) groups excluding carboxylic acids is 1. The monoisotopic (exact) mass is 247 g/mol. The SMILES string of the molecule is CCC(O)COS(=O)(=O)O.COC=O.N. The summed E-state index contributed by atoms with van der Waals surface area (Å²) >= 11 is 0. The first-order chi connectivity index (χ1) is 6.37. The smallest absolute Gasteiger partial charge is 0.397 e. The van der Waals surface area contributed by atoms with Gasteiger partial charge >= 0.3 is 10.4 Å². The molecule has 0 spiro atoms. The van der Waals surface area contributed by atoms with E-state index in [9.17, 15) is 8.42 Å². The number of rotatable bonds is 5. The topological polar surface area (TPSA) is 145 Å². The van der Waals surface area contributed by atoms with Crippen LogP contribution in [0, 0.1) is 0 Å². The van der Waals surface area contributed by atoms with Crippen molar-refractivity contribution in [2.75, 3.05) is 13.7 Å². The molecule has 0 saturated heterocycles. The van der Waals surface area contributed by atoms with Crippen LogP contribution in [-0.2, 0) is 24.1 Å². The van der Waals surface area contributed by atoms with E-state index >= 15 is 0 Å². The minimum atomic E-state index is -4.39. The normalized spacial score (nSPS) is 11.5. The fraction of sp³-hybridized carbons (Fsp3) is 0.833. The first kappa shape index (κ1) is 19.8. The molecular weight excluding hydrogens is 230 g/mol. The van der Waals surface area contributed by atoms with Crippen molar-refractivity contribution >= 4 is 16.9 Å². The summed E-state index contributed by atoms with van der Waals surface area (Å²) in [5.41, 5.74) is 0. The van der Waals surface area contributed by atoms with Crippen molar-refractivity contribution in [3.63, 3.8) is 0 Å². The first-order valence-electron chi connectivity index (χ1n) is 3.63. The molecule has 1 atom stereocenters. The summed E-state index contributed by atoms with van der Waals surface area (Å²) in [7, 11) is -3.08. The van der Waals surface area contributed by atoms with Gasteiger partial charge in [-0.3, -0.25) is 9.35 Å². The Hall–Kier alpha value is -0.740. The lowest BCUT2D eigenvalue weighted by Gasteiger charge is -2.04. The van der Waals surface area contributed by atoms with E-state index in [0.29, 0.717) is 12.9 Å². The molecule has 0 bridgehead atoms. The lowest BCUT2D eigenvalue weighted by molar-refractivity contribution is -0.126. The van der Waals surface area contributed by atoms with Crippen molar-refractivity contribution in [2.24, 2.45) is 0 Å². The van der Waals surface area contributed by atoms with Gasteiger partial charge in [-0.15, -0.1) is 0 Å². The third-order valence-electron chi connectivity index (χ3n) is 0.977. The predicted molar refractivity (Wildman–Crippen MR) is 51.9 cm³/mol. The molecule has 5 N–H and O–H groups in total. The number of aliphatic hydroxyl groups is 1. The van der Waals surface area contributed by atoms with Crippen molar-refractivity contribution in [3.05, 3.63) is 0 Å². The number of carbonyl (C=O) groups is 1. The molecule has 0 amide bonds. The van der Waals surface area contributed by atoms with Crippen LogP contribution in [0.2, 0.25) is 0 Å². The molecular formula is C6H17NO7S. The van der Waals surface area contributed by atoms with E-state index in [2.05, 4.69) is 8.92 Å². The zero-order chi connectivity index (χ0) is 11.6. The molecule has 0 aliphatic rings. The van der Waals surface area contributed by atoms with Gasteiger partial charge < -0.3 is 16.0 Å². The van der Waals surface area contributed by atoms with Gasteiger partial charge in [0.2, 0.25) is 0 Å². The van der Waals surface area contributed by atoms with E-state index in [1.807, 2.05) is 0 Å². The molecule has 0 heterocycles. The van der Waals surface area contributed by atoms with Gasteiger partial charge in [-0.05, 0) is 6.42 Å². The van der Waals surface area contributed by atoms with Crippen LogP contribution in [-0.4, -0.2) is 44.4 Å². The van der Waals surface area contributed by atoms with Crippen molar-refractivity contribution in [2.45, 2.75) is 19.4 Å². The highest BCUT2D eigenvalue weighted by Gasteiger charge is 2.07. The maximum atomic E-state index is 9.87. The summed E-state index contributed by atoms with van der Waals surface area (Å²) in [6, 6.07) is 0. The molecule has 8 nitrogen and oxygen atoms in total. The first-order valence-corrected chi connectivity index (χ1v) is 5.00. The molecule has 0 radical (unpaired) electrons. The minimum absolute atomic E-state index is 0. The number of ether oxygens (including phenoxy) is 1. The Bertz CT molecular complexity index is 228. The zero-order valence-electron chi connectivity index (χ0n) is 8.62. The molecule has 0 aromatic heterocycles. The summed E-state index contributed by atoms with van der Waals surface area (Å²) in [5.74, 6) is 0. The third-order valence-corrected chi connectivity index (χ3v) is 1.41. The van der Waals surface area contributed by atoms with Crippen LogP contribution >= 0.6 is 0 Å². The van der Waals surface area contributed by atoms with Crippen molar-refractivity contribution in [1.82, 2.24) is 6.15 Å². The van der Waals surface area contributed by atoms with Crippen LogP contribution in [0.25, 0.3) is 0 Å². The summed E-state index contributed by atoms with van der Waals surface area (Å²) in [5, 5.41) is 8.72. The molecule has 0 rings (SSSR count). The van der Waals surface area contributed by atoms with Crippen LogP contribution in [0.3, 0.4) is 0 Å². The summed E-state index contributed by atoms with van der Waals surface area (Å²) < 4.78 is 35.5. The van der Waals surface area contributed by atoms with Crippen molar-refractivity contribution in [3.8, 4) is 0 Å². The van der Waals surface area contributed by atoms with Gasteiger partial charge in [0.15, 0.2) is 0 Å². The van der Waals surface area contributed by atoms with Crippen LogP contribution in [0.1, 0.15) is 13.3 Å². The number of aliphatic hydroxyl groups excluding tert-OH is 1. The Morgan fingerprint density at radius 1 is 1.47 bits per heavy atom. The quantitative estimate of drug-likeness (QED) is 0.436. The average Bonchev–Trinajstić information content (AvgIpc) is 2.13. The van der Waals surface area contributed by atoms with Crippen LogP contribution in [0.15, 0.2) is 0 Å². The number of methoxy groups -OCH3 is 1. The Morgan fingerprint density at radius 3 is 2.07 bits per heavy atom. The van der Waals surface area contributed by atoms with Crippen LogP contribution in [0.4, 0.5) is 0 Å². The molecule has 0 aliphatic heterocycles. The van der Waals surface area contributed by atoms with Gasteiger partial charge in [-0.25, -0.2) is 4.18 Å². The highest BCUT2D eigenvalue weighted by Crippen LogP contribution is 1.93. The second kappa shape index (κ2) is 11.3. The van der Waals surface area contributed by atoms with E-state index in [0.717, 1.165) is 0 Å². The highest BCUT2D eigenvalue weighted by atomic mass is 32.3. The average molecular weight is 247 g/mol. The lowest BCUT2D eigenvalue weighted by Crippen LogP contribution is -2.17. The highest BCUT2D eigenvalue weighted by molar-refractivity contribution is 7.80. The van der Waals surface area contributed by atoms with Crippen LogP contribution < -0.4 is 6.15 Å². The Balaban J connectivity index is -0.000000249.